The van der Waals surface area contributed by atoms with E-state index in [0.717, 1.165) is 0 Å². The number of thioether (sulfide) groups is 1. The van der Waals surface area contributed by atoms with Crippen molar-refractivity contribution in [3.05, 3.63) is 35.1 Å². The number of nitrogens with two attached hydrogens (primary N) is 2. The van der Waals surface area contributed by atoms with Crippen LogP contribution in [0.1, 0.15) is 81.5 Å². The van der Waals surface area contributed by atoms with Crippen molar-refractivity contribution >= 4 is 39.4 Å². The molecule has 0 bridgehead atoms. The highest BCUT2D eigenvalue weighted by molar-refractivity contribution is 8.76. The summed E-state index contributed by atoms with van der Waals surface area (Å²) in [6, 6.07) is -0.901. The Morgan fingerprint density at radius 2 is 1.26 bits per heavy atom. The largest absolute Gasteiger partial charge is 0.444 e. The van der Waals surface area contributed by atoms with Gasteiger partial charge in [0, 0.05) is 17.3 Å². The maximum absolute atomic E-state index is 11.7. The molecule has 3 atom stereocenters. The van der Waals surface area contributed by atoms with Gasteiger partial charge in [-0.25, -0.2) is 4.79 Å². The molecular weight excluding hydrogens is 567 g/mol. The number of nitrogens with zero attached hydrogens (tertiary/aromatic N) is 6. The zero-order valence-electron chi connectivity index (χ0n) is 22.5. The Morgan fingerprint density at radius 1 is 0.846 bits per heavy atom. The Balaban J connectivity index is 0.000000383. The highest BCUT2D eigenvalue weighted by Gasteiger charge is 2.24. The van der Waals surface area contributed by atoms with Gasteiger partial charge in [-0.15, -0.1) is 0 Å². The van der Waals surface area contributed by atoms with E-state index in [1.54, 1.807) is 54.1 Å². The fourth-order valence-electron chi connectivity index (χ4n) is 2.56. The van der Waals surface area contributed by atoms with Crippen LogP contribution in [-0.4, -0.2) is 65.6 Å². The fraction of sp³-hybridized carbons (Fsp3) is 0.682. The number of amides is 1. The van der Waals surface area contributed by atoms with Gasteiger partial charge in [0.15, 0.2) is 17.5 Å². The topological polar surface area (TPSA) is 207 Å². The molecule has 3 rings (SSSR count). The van der Waals surface area contributed by atoms with Gasteiger partial charge in [-0.2, -0.15) is 26.7 Å². The summed E-state index contributed by atoms with van der Waals surface area (Å²) < 4.78 is 20.3. The summed E-state index contributed by atoms with van der Waals surface area (Å²) in [6.45, 7) is 10.7. The van der Waals surface area contributed by atoms with Crippen molar-refractivity contribution in [3.63, 3.8) is 0 Å². The molecule has 0 radical (unpaired) electrons. The van der Waals surface area contributed by atoms with E-state index in [2.05, 4.69) is 35.7 Å². The zero-order chi connectivity index (χ0) is 28.3. The molecule has 3 heterocycles. The summed E-state index contributed by atoms with van der Waals surface area (Å²) in [5, 5.41) is 13.9. The Morgan fingerprint density at radius 3 is 1.59 bits per heavy atom. The predicted molar refractivity (Wildman–Crippen MR) is 153 cm³/mol. The van der Waals surface area contributed by atoms with Crippen LogP contribution in [0.2, 0.25) is 0 Å². The second-order valence-electron chi connectivity index (χ2n) is 8.98. The van der Waals surface area contributed by atoms with Gasteiger partial charge >= 0.3 is 6.09 Å². The SMILES string of the molecule is C.CSC[C@H](NC(=O)OC(C)(C)C)c1nc(C)no1.Cc1noc([C@@H](N)CSSC[C@H](N)c2nc(C)no2)n1. The summed E-state index contributed by atoms with van der Waals surface area (Å²) in [7, 11) is 3.18. The van der Waals surface area contributed by atoms with Gasteiger partial charge in [-0.05, 0) is 47.8 Å². The van der Waals surface area contributed by atoms with E-state index in [-0.39, 0.29) is 25.6 Å². The van der Waals surface area contributed by atoms with E-state index in [0.29, 0.717) is 52.4 Å². The first kappa shape index (κ1) is 34.7. The van der Waals surface area contributed by atoms with Crippen LogP contribution in [0, 0.1) is 20.8 Å². The first-order valence-corrected chi connectivity index (χ1v) is 15.4. The molecule has 5 N–H and O–H groups in total. The summed E-state index contributed by atoms with van der Waals surface area (Å²) in [4.78, 5) is 24.0. The lowest BCUT2D eigenvalue weighted by atomic mass is 10.2. The monoisotopic (exact) mass is 605 g/mol. The molecule has 0 aliphatic rings. The van der Waals surface area contributed by atoms with E-state index < -0.39 is 11.7 Å². The summed E-state index contributed by atoms with van der Waals surface area (Å²) in [5.41, 5.74) is 11.3. The van der Waals surface area contributed by atoms with Crippen molar-refractivity contribution in [2.24, 2.45) is 11.5 Å². The van der Waals surface area contributed by atoms with Crippen LogP contribution in [-0.2, 0) is 4.74 Å². The van der Waals surface area contributed by atoms with Gasteiger partial charge in [0.1, 0.15) is 11.6 Å². The third-order valence-corrected chi connectivity index (χ3v) is 7.31. The molecule has 0 fully saturated rings. The van der Waals surface area contributed by atoms with Gasteiger partial charge in [-0.3, -0.25) is 0 Å². The van der Waals surface area contributed by atoms with Crippen LogP contribution in [0.3, 0.4) is 0 Å². The quantitative estimate of drug-likeness (QED) is 0.208. The van der Waals surface area contributed by atoms with Crippen LogP contribution >= 0.6 is 33.3 Å². The average Bonchev–Trinajstić information content (AvgIpc) is 3.57. The lowest BCUT2D eigenvalue weighted by Crippen LogP contribution is -2.36. The number of aromatic nitrogens is 6. The maximum Gasteiger partial charge on any atom is 0.408 e. The third-order valence-electron chi connectivity index (χ3n) is 4.17. The molecular formula is C22H39N9O5S3. The lowest BCUT2D eigenvalue weighted by molar-refractivity contribution is 0.0500. The van der Waals surface area contributed by atoms with E-state index in [9.17, 15) is 4.79 Å². The van der Waals surface area contributed by atoms with Crippen LogP contribution < -0.4 is 16.8 Å². The van der Waals surface area contributed by atoms with Crippen LogP contribution in [0.25, 0.3) is 0 Å². The van der Waals surface area contributed by atoms with Crippen LogP contribution in [0.15, 0.2) is 13.6 Å². The number of hydrogen-bond acceptors (Lipinski definition) is 16. The Hall–Kier alpha value is -2.34. The molecule has 0 saturated heterocycles. The molecule has 1 amide bonds. The molecule has 17 heteroatoms. The lowest BCUT2D eigenvalue weighted by Gasteiger charge is -2.21. The normalized spacial score (nSPS) is 13.5. The van der Waals surface area contributed by atoms with E-state index in [1.807, 2.05) is 27.0 Å². The number of nitrogens with one attached hydrogen (secondary N) is 1. The summed E-state index contributed by atoms with van der Waals surface area (Å²) >= 11 is 1.58. The molecule has 0 aliphatic heterocycles. The van der Waals surface area contributed by atoms with E-state index in [4.69, 9.17) is 29.8 Å². The Labute approximate surface area is 240 Å². The Kier molecular flexibility index (Phi) is 14.8. The minimum Gasteiger partial charge on any atom is -0.444 e. The molecule has 0 spiro atoms. The van der Waals surface area contributed by atoms with Crippen molar-refractivity contribution in [1.29, 1.82) is 0 Å². The second-order valence-corrected chi connectivity index (χ2v) is 12.4. The van der Waals surface area contributed by atoms with Gasteiger partial charge < -0.3 is 35.1 Å². The zero-order valence-corrected chi connectivity index (χ0v) is 24.9. The highest BCUT2D eigenvalue weighted by atomic mass is 33.1. The first-order chi connectivity index (χ1) is 17.9. The molecule has 0 saturated carbocycles. The first-order valence-electron chi connectivity index (χ1n) is 11.5. The minimum atomic E-state index is -0.529. The van der Waals surface area contributed by atoms with Crippen LogP contribution in [0.5, 0.6) is 0 Å². The van der Waals surface area contributed by atoms with E-state index in [1.165, 1.54) is 0 Å². The molecule has 0 aromatic carbocycles. The number of hydrogen-bond donors (Lipinski definition) is 3. The van der Waals surface area contributed by atoms with Gasteiger partial charge in [0.05, 0.1) is 12.1 Å². The number of ether oxygens (including phenoxy) is 1. The molecule has 0 unspecified atom stereocenters. The van der Waals surface area contributed by atoms with Gasteiger partial charge in [0.2, 0.25) is 17.7 Å². The predicted octanol–water partition coefficient (Wildman–Crippen LogP) is 4.09. The van der Waals surface area contributed by atoms with Crippen molar-refractivity contribution in [3.8, 4) is 0 Å². The van der Waals surface area contributed by atoms with Crippen molar-refractivity contribution in [1.82, 2.24) is 35.7 Å². The molecule has 0 aliphatic carbocycles. The van der Waals surface area contributed by atoms with Crippen molar-refractivity contribution in [2.45, 2.75) is 72.7 Å². The molecule has 3 aromatic rings. The number of alkyl carbamates (subject to hydrolysis) is 1. The highest BCUT2D eigenvalue weighted by Crippen LogP contribution is 2.28. The number of carbonyl (C=O) groups excluding carboxylic acids is 1. The third kappa shape index (κ3) is 13.0. The van der Waals surface area contributed by atoms with Gasteiger partial charge in [0.25, 0.3) is 0 Å². The minimum absolute atomic E-state index is 0. The molecule has 14 nitrogen and oxygen atoms in total. The van der Waals surface area contributed by atoms with Crippen LogP contribution in [0.4, 0.5) is 4.79 Å². The molecule has 3 aromatic heterocycles. The fourth-order valence-corrected chi connectivity index (χ4v) is 5.35. The molecule has 39 heavy (non-hydrogen) atoms. The number of aryl methyl sites for hydroxylation is 3. The molecule has 220 valence electrons. The second kappa shape index (κ2) is 16.7. The summed E-state index contributed by atoms with van der Waals surface area (Å²) in [5.74, 6) is 4.96. The van der Waals surface area contributed by atoms with E-state index >= 15 is 0 Å². The smallest absolute Gasteiger partial charge is 0.408 e. The number of rotatable bonds is 11. The summed E-state index contributed by atoms with van der Waals surface area (Å²) in [6.07, 6.45) is 1.45. The number of carbonyl (C=O) groups is 1. The standard InChI is InChI=1S/C11H19N3O3S.C10H16N6O2S2.CH4/c1-7-12-9(17-14-7)8(6-18-5)13-10(15)16-11(2,3)4;1-5-13-9(17-15-5)7(11)3-19-20-4-8(12)10-14-6(2)16-18-10;/h8H,6H2,1-5H3,(H,13,15);7-8H,3-4,11-12H2,1-2H3;1H4/t8-;7-,8-;/m00./s1. The van der Waals surface area contributed by atoms with Crippen molar-refractivity contribution < 1.29 is 23.1 Å². The average molecular weight is 606 g/mol. The van der Waals surface area contributed by atoms with Gasteiger partial charge in [-0.1, -0.05) is 44.5 Å². The van der Waals surface area contributed by atoms with Crippen molar-refractivity contribution in [2.75, 3.05) is 23.5 Å². The maximum atomic E-state index is 11.7. The Bertz CT molecular complexity index is 1070.